The molecule has 21 heavy (non-hydrogen) atoms. The number of alkyl halides is 1. The molecule has 1 unspecified atom stereocenters. The van der Waals surface area contributed by atoms with Crippen molar-refractivity contribution in [2.45, 2.75) is 18.7 Å². The molecule has 1 heterocycles. The highest BCUT2D eigenvalue weighted by Crippen LogP contribution is 2.27. The Hall–Kier alpha value is -2.13. The maximum atomic E-state index is 6.38. The first-order valence-corrected chi connectivity index (χ1v) is 7.23. The normalized spacial score (nSPS) is 12.3. The van der Waals surface area contributed by atoms with Gasteiger partial charge in [-0.15, -0.1) is 11.6 Å². The fourth-order valence-electron chi connectivity index (χ4n) is 2.19. The van der Waals surface area contributed by atoms with Crippen LogP contribution in [-0.4, -0.2) is 10.1 Å². The predicted molar refractivity (Wildman–Crippen MR) is 82.4 cm³/mol. The van der Waals surface area contributed by atoms with Gasteiger partial charge in [0.2, 0.25) is 5.89 Å². The molecule has 0 bridgehead atoms. The smallest absolute Gasteiger partial charge is 0.249 e. The van der Waals surface area contributed by atoms with E-state index in [-0.39, 0.29) is 0 Å². The number of hydrogen-bond donors (Lipinski definition) is 0. The van der Waals surface area contributed by atoms with Crippen molar-refractivity contribution >= 4 is 11.6 Å². The molecule has 3 aromatic rings. The third-order valence-corrected chi connectivity index (χ3v) is 3.84. The van der Waals surface area contributed by atoms with Gasteiger partial charge >= 0.3 is 0 Å². The van der Waals surface area contributed by atoms with E-state index in [4.69, 9.17) is 16.1 Å². The Labute approximate surface area is 128 Å². The van der Waals surface area contributed by atoms with Crippen molar-refractivity contribution < 1.29 is 4.52 Å². The molecule has 0 amide bonds. The molecule has 1 aromatic heterocycles. The highest BCUT2D eigenvalue weighted by molar-refractivity contribution is 6.22. The van der Waals surface area contributed by atoms with Crippen molar-refractivity contribution in [1.29, 1.82) is 0 Å². The van der Waals surface area contributed by atoms with E-state index in [0.29, 0.717) is 18.1 Å². The molecular formula is C17H15ClN2O. The maximum absolute atomic E-state index is 6.38. The van der Waals surface area contributed by atoms with Crippen molar-refractivity contribution in [1.82, 2.24) is 10.1 Å². The number of benzene rings is 2. The van der Waals surface area contributed by atoms with E-state index < -0.39 is 5.38 Å². The third-order valence-electron chi connectivity index (χ3n) is 3.40. The number of nitrogens with zero attached hydrogens (tertiary/aromatic N) is 2. The fourth-order valence-corrected chi connectivity index (χ4v) is 2.42. The summed E-state index contributed by atoms with van der Waals surface area (Å²) in [4.78, 5) is 4.41. The minimum atomic E-state index is -0.413. The molecule has 0 saturated carbocycles. The third kappa shape index (κ3) is 3.14. The molecule has 2 aromatic carbocycles. The molecule has 0 saturated heterocycles. The lowest BCUT2D eigenvalue weighted by Gasteiger charge is -2.03. The zero-order valence-corrected chi connectivity index (χ0v) is 12.4. The van der Waals surface area contributed by atoms with E-state index in [1.54, 1.807) is 0 Å². The second-order valence-electron chi connectivity index (χ2n) is 4.93. The first kappa shape index (κ1) is 13.8. The van der Waals surface area contributed by atoms with E-state index in [1.165, 1.54) is 11.1 Å². The topological polar surface area (TPSA) is 38.9 Å². The molecule has 0 aliphatic rings. The summed E-state index contributed by atoms with van der Waals surface area (Å²) in [6, 6.07) is 17.9. The van der Waals surface area contributed by atoms with Crippen LogP contribution in [0.3, 0.4) is 0 Å². The molecule has 0 aliphatic heterocycles. The van der Waals surface area contributed by atoms with E-state index in [0.717, 1.165) is 5.56 Å². The average molecular weight is 299 g/mol. The van der Waals surface area contributed by atoms with Gasteiger partial charge in [0.25, 0.3) is 0 Å². The average Bonchev–Trinajstić information content (AvgIpc) is 2.98. The van der Waals surface area contributed by atoms with Crippen LogP contribution in [0, 0.1) is 6.92 Å². The van der Waals surface area contributed by atoms with Gasteiger partial charge in [0.15, 0.2) is 5.82 Å². The number of aromatic nitrogens is 2. The van der Waals surface area contributed by atoms with Gasteiger partial charge in [-0.3, -0.25) is 0 Å². The van der Waals surface area contributed by atoms with Crippen molar-refractivity contribution in [3.8, 4) is 0 Å². The first-order chi connectivity index (χ1) is 10.2. The van der Waals surface area contributed by atoms with Gasteiger partial charge < -0.3 is 4.52 Å². The lowest BCUT2D eigenvalue weighted by atomic mass is 10.1. The maximum Gasteiger partial charge on any atom is 0.249 e. The molecule has 0 radical (unpaired) electrons. The fraction of sp³-hybridized carbons (Fsp3) is 0.176. The Bertz CT molecular complexity index is 724. The van der Waals surface area contributed by atoms with Crippen molar-refractivity contribution in [3.05, 3.63) is 83.0 Å². The highest BCUT2D eigenvalue weighted by Gasteiger charge is 2.18. The zero-order chi connectivity index (χ0) is 14.7. The summed E-state index contributed by atoms with van der Waals surface area (Å²) in [5.41, 5.74) is 3.36. The second kappa shape index (κ2) is 6.10. The largest absolute Gasteiger partial charge is 0.337 e. The molecule has 0 spiro atoms. The van der Waals surface area contributed by atoms with E-state index in [2.05, 4.69) is 29.2 Å². The van der Waals surface area contributed by atoms with E-state index >= 15 is 0 Å². The second-order valence-corrected chi connectivity index (χ2v) is 5.36. The summed E-state index contributed by atoms with van der Waals surface area (Å²) in [5.74, 6) is 1.09. The standard InChI is InChI=1S/C17H15ClN2O/c1-12-7-5-6-10-14(12)11-15-19-17(21-20-15)16(18)13-8-3-2-4-9-13/h2-10,16H,11H2,1H3. The van der Waals surface area contributed by atoms with Crippen LogP contribution < -0.4 is 0 Å². The number of hydrogen-bond acceptors (Lipinski definition) is 3. The Kier molecular flexibility index (Phi) is 4.02. The molecule has 3 rings (SSSR count). The summed E-state index contributed by atoms with van der Waals surface area (Å²) in [7, 11) is 0. The van der Waals surface area contributed by atoms with Gasteiger partial charge in [-0.05, 0) is 23.6 Å². The zero-order valence-electron chi connectivity index (χ0n) is 11.7. The summed E-state index contributed by atoms with van der Waals surface area (Å²) in [6.45, 7) is 2.07. The van der Waals surface area contributed by atoms with Gasteiger partial charge in [-0.25, -0.2) is 0 Å². The van der Waals surface area contributed by atoms with Crippen LogP contribution in [-0.2, 0) is 6.42 Å². The summed E-state index contributed by atoms with van der Waals surface area (Å²) < 4.78 is 5.30. The van der Waals surface area contributed by atoms with Crippen LogP contribution in [0.15, 0.2) is 59.1 Å². The monoisotopic (exact) mass is 298 g/mol. The number of aryl methyl sites for hydroxylation is 1. The molecule has 0 N–H and O–H groups in total. The molecule has 0 aliphatic carbocycles. The minimum absolute atomic E-state index is 0.413. The van der Waals surface area contributed by atoms with Crippen molar-refractivity contribution in [2.24, 2.45) is 0 Å². The molecule has 3 nitrogen and oxygen atoms in total. The minimum Gasteiger partial charge on any atom is -0.337 e. The van der Waals surface area contributed by atoms with Gasteiger partial charge in [-0.1, -0.05) is 59.8 Å². The van der Waals surface area contributed by atoms with Crippen LogP contribution in [0.5, 0.6) is 0 Å². The van der Waals surface area contributed by atoms with Gasteiger partial charge in [0.05, 0.1) is 0 Å². The lowest BCUT2D eigenvalue weighted by Crippen LogP contribution is -1.96. The molecule has 1 atom stereocenters. The van der Waals surface area contributed by atoms with Gasteiger partial charge in [0.1, 0.15) is 5.38 Å². The predicted octanol–water partition coefficient (Wildman–Crippen LogP) is 4.30. The Balaban J connectivity index is 1.79. The Morgan fingerprint density at radius 2 is 1.76 bits per heavy atom. The number of rotatable bonds is 4. The van der Waals surface area contributed by atoms with Crippen LogP contribution in [0.4, 0.5) is 0 Å². The molecule has 0 fully saturated rings. The number of halogens is 1. The molecule has 106 valence electrons. The van der Waals surface area contributed by atoms with Gasteiger partial charge in [0, 0.05) is 6.42 Å². The van der Waals surface area contributed by atoms with E-state index in [9.17, 15) is 0 Å². The van der Waals surface area contributed by atoms with E-state index in [1.807, 2.05) is 42.5 Å². The lowest BCUT2D eigenvalue weighted by molar-refractivity contribution is 0.377. The Morgan fingerprint density at radius 3 is 2.52 bits per heavy atom. The summed E-state index contributed by atoms with van der Waals surface area (Å²) in [6.07, 6.45) is 0.647. The van der Waals surface area contributed by atoms with Crippen LogP contribution in [0.25, 0.3) is 0 Å². The first-order valence-electron chi connectivity index (χ1n) is 6.80. The molecular weight excluding hydrogens is 284 g/mol. The summed E-state index contributed by atoms with van der Waals surface area (Å²) >= 11 is 6.38. The van der Waals surface area contributed by atoms with Crippen LogP contribution >= 0.6 is 11.6 Å². The highest BCUT2D eigenvalue weighted by atomic mass is 35.5. The quantitative estimate of drug-likeness (QED) is 0.674. The van der Waals surface area contributed by atoms with Crippen LogP contribution in [0.2, 0.25) is 0 Å². The SMILES string of the molecule is Cc1ccccc1Cc1noc(C(Cl)c2ccccc2)n1. The Morgan fingerprint density at radius 1 is 1.05 bits per heavy atom. The van der Waals surface area contributed by atoms with Crippen molar-refractivity contribution in [2.75, 3.05) is 0 Å². The van der Waals surface area contributed by atoms with Crippen molar-refractivity contribution in [3.63, 3.8) is 0 Å². The van der Waals surface area contributed by atoms with Crippen LogP contribution in [0.1, 0.15) is 33.8 Å². The summed E-state index contributed by atoms with van der Waals surface area (Å²) in [5, 5.41) is 3.62. The van der Waals surface area contributed by atoms with Gasteiger partial charge in [-0.2, -0.15) is 4.98 Å². The molecule has 4 heteroatoms.